The summed E-state index contributed by atoms with van der Waals surface area (Å²) in [5.74, 6) is -1.53. The van der Waals surface area contributed by atoms with Crippen LogP contribution in [-0.4, -0.2) is 71.8 Å². The van der Waals surface area contributed by atoms with Crippen molar-refractivity contribution in [3.8, 4) is 11.1 Å². The van der Waals surface area contributed by atoms with Crippen molar-refractivity contribution in [3.63, 3.8) is 0 Å². The van der Waals surface area contributed by atoms with Gasteiger partial charge in [-0.05, 0) is 60.1 Å². The molecule has 0 aliphatic heterocycles. The SMILES string of the molecule is C=CCOC(=O)N[C@H](C(=O)N[C@@H](CCCNC(N)=O)C(=O)Nc1ccc(CO)c(CN(CC)C(=O)OC2c3ccccc3-c3ccccc32)c1)C(C)C. The van der Waals surface area contributed by atoms with Crippen molar-refractivity contribution in [2.24, 2.45) is 11.7 Å². The monoisotopic (exact) mass is 728 g/mol. The summed E-state index contributed by atoms with van der Waals surface area (Å²) >= 11 is 0. The number of hydrogen-bond donors (Lipinski definition) is 6. The Balaban J connectivity index is 1.50. The lowest BCUT2D eigenvalue weighted by molar-refractivity contribution is -0.128. The summed E-state index contributed by atoms with van der Waals surface area (Å²) in [4.78, 5) is 65.6. The maximum atomic E-state index is 13.7. The molecule has 0 saturated heterocycles. The number of nitrogens with zero attached hydrogens (tertiary/aromatic N) is 1. The third-order valence-electron chi connectivity index (χ3n) is 8.80. The normalized spacial score (nSPS) is 12.8. The van der Waals surface area contributed by atoms with E-state index in [1.165, 1.54) is 11.0 Å². The van der Waals surface area contributed by atoms with Gasteiger partial charge in [-0.25, -0.2) is 14.4 Å². The predicted molar refractivity (Wildman–Crippen MR) is 199 cm³/mol. The van der Waals surface area contributed by atoms with Gasteiger partial charge in [0.25, 0.3) is 0 Å². The van der Waals surface area contributed by atoms with Crippen LogP contribution < -0.4 is 27.0 Å². The minimum absolute atomic E-state index is 0.0476. The number of primary amides is 1. The molecule has 4 rings (SSSR count). The Morgan fingerprint density at radius 1 is 0.943 bits per heavy atom. The summed E-state index contributed by atoms with van der Waals surface area (Å²) in [6, 6.07) is 17.7. The number of amides is 6. The van der Waals surface area contributed by atoms with Gasteiger partial charge in [-0.1, -0.05) is 81.1 Å². The molecule has 0 heterocycles. The van der Waals surface area contributed by atoms with E-state index in [0.29, 0.717) is 29.8 Å². The quantitative estimate of drug-likeness (QED) is 0.0847. The van der Waals surface area contributed by atoms with E-state index in [-0.39, 0.29) is 38.6 Å². The van der Waals surface area contributed by atoms with Gasteiger partial charge in [-0.2, -0.15) is 0 Å². The molecule has 1 aliphatic carbocycles. The molecule has 0 unspecified atom stereocenters. The number of carbonyl (C=O) groups is 5. The van der Waals surface area contributed by atoms with E-state index in [0.717, 1.165) is 22.3 Å². The molecular weight excluding hydrogens is 680 g/mol. The second-order valence-corrected chi connectivity index (χ2v) is 12.8. The third kappa shape index (κ3) is 10.6. The number of aliphatic hydroxyl groups excluding tert-OH is 1. The Hall–Kier alpha value is -5.89. The van der Waals surface area contributed by atoms with E-state index in [1.807, 2.05) is 55.5 Å². The first-order chi connectivity index (χ1) is 25.5. The number of nitrogens with two attached hydrogens (primary N) is 1. The van der Waals surface area contributed by atoms with Crippen LogP contribution in [0.4, 0.5) is 20.1 Å². The number of aliphatic hydroxyl groups is 1. The first-order valence-electron chi connectivity index (χ1n) is 17.5. The second kappa shape index (κ2) is 19.1. The minimum atomic E-state index is -1.08. The standard InChI is InChI=1S/C39H48N6O8/c1-5-20-52-38(50)44-33(24(3)4)36(48)43-32(16-11-19-41-37(40)49)35(47)42-27-18-17-25(23-46)26(21-27)22-45(6-2)39(51)53-34-30-14-9-7-12-28(30)29-13-8-10-15-31(29)34/h5,7-10,12-15,17-18,21,24,32-34,46H,1,6,11,16,19-20,22-23H2,2-4H3,(H,42,47)(H,43,48)(H,44,50)(H3,40,41,49)/t32-,33-/m0/s1. The van der Waals surface area contributed by atoms with E-state index in [9.17, 15) is 29.1 Å². The third-order valence-corrected chi connectivity index (χ3v) is 8.80. The lowest BCUT2D eigenvalue weighted by Gasteiger charge is -2.26. The number of ether oxygens (including phenoxy) is 2. The molecule has 0 saturated carbocycles. The van der Waals surface area contributed by atoms with Crippen LogP contribution >= 0.6 is 0 Å². The van der Waals surface area contributed by atoms with Crippen LogP contribution in [0.15, 0.2) is 79.4 Å². The van der Waals surface area contributed by atoms with Crippen molar-refractivity contribution in [1.82, 2.24) is 20.9 Å². The molecule has 1 aliphatic rings. The van der Waals surface area contributed by atoms with Crippen molar-refractivity contribution in [2.45, 2.75) is 65.0 Å². The Morgan fingerprint density at radius 2 is 1.60 bits per heavy atom. The smallest absolute Gasteiger partial charge is 0.411 e. The van der Waals surface area contributed by atoms with E-state index >= 15 is 0 Å². The number of benzene rings is 3. The Labute approximate surface area is 309 Å². The summed E-state index contributed by atoms with van der Waals surface area (Å²) < 4.78 is 11.1. The number of fused-ring (bicyclic) bond motifs is 3. The molecule has 7 N–H and O–H groups in total. The topological polar surface area (TPSA) is 201 Å². The van der Waals surface area contributed by atoms with Crippen molar-refractivity contribution in [3.05, 3.63) is 102 Å². The van der Waals surface area contributed by atoms with Gasteiger partial charge < -0.3 is 46.5 Å². The van der Waals surface area contributed by atoms with Crippen LogP contribution in [0.3, 0.4) is 0 Å². The van der Waals surface area contributed by atoms with Crippen molar-refractivity contribution in [1.29, 1.82) is 0 Å². The van der Waals surface area contributed by atoms with Gasteiger partial charge in [0.15, 0.2) is 6.10 Å². The van der Waals surface area contributed by atoms with Crippen molar-refractivity contribution in [2.75, 3.05) is 25.0 Å². The Morgan fingerprint density at radius 3 is 2.19 bits per heavy atom. The highest BCUT2D eigenvalue weighted by atomic mass is 16.6. The minimum Gasteiger partial charge on any atom is -0.445 e. The number of rotatable bonds is 17. The largest absolute Gasteiger partial charge is 0.445 e. The Bertz CT molecular complexity index is 1750. The molecule has 3 aromatic rings. The molecule has 2 atom stereocenters. The first kappa shape index (κ1) is 39.9. The Kier molecular flexibility index (Phi) is 14.4. The van der Waals surface area contributed by atoms with Gasteiger partial charge >= 0.3 is 18.2 Å². The summed E-state index contributed by atoms with van der Waals surface area (Å²) in [6.45, 7) is 8.95. The summed E-state index contributed by atoms with van der Waals surface area (Å²) in [7, 11) is 0. The molecule has 0 bridgehead atoms. The first-order valence-corrected chi connectivity index (χ1v) is 17.5. The zero-order valence-electron chi connectivity index (χ0n) is 30.2. The zero-order chi connectivity index (χ0) is 38.5. The van der Waals surface area contributed by atoms with Gasteiger partial charge in [-0.15, -0.1) is 0 Å². The van der Waals surface area contributed by atoms with Crippen LogP contribution in [0.25, 0.3) is 11.1 Å². The number of carbonyl (C=O) groups excluding carboxylic acids is 5. The lowest BCUT2D eigenvalue weighted by Crippen LogP contribution is -2.54. The molecule has 0 aromatic heterocycles. The summed E-state index contributed by atoms with van der Waals surface area (Å²) in [6.07, 6.45) is -0.139. The van der Waals surface area contributed by atoms with Crippen molar-refractivity contribution >= 4 is 35.7 Å². The lowest BCUT2D eigenvalue weighted by atomic mass is 10.0. The predicted octanol–water partition coefficient (Wildman–Crippen LogP) is 4.72. The molecule has 0 spiro atoms. The van der Waals surface area contributed by atoms with Gasteiger partial charge in [0.1, 0.15) is 18.7 Å². The second-order valence-electron chi connectivity index (χ2n) is 12.8. The fraction of sp³-hybridized carbons (Fsp3) is 0.359. The maximum absolute atomic E-state index is 13.7. The fourth-order valence-corrected chi connectivity index (χ4v) is 6.04. The summed E-state index contributed by atoms with van der Waals surface area (Å²) in [5, 5.41) is 20.7. The highest BCUT2D eigenvalue weighted by molar-refractivity contribution is 5.98. The number of urea groups is 1. The van der Waals surface area contributed by atoms with Crippen LogP contribution in [-0.2, 0) is 32.2 Å². The van der Waals surface area contributed by atoms with Gasteiger partial charge in [0, 0.05) is 36.4 Å². The van der Waals surface area contributed by atoms with Crippen LogP contribution in [0.1, 0.15) is 62.0 Å². The van der Waals surface area contributed by atoms with E-state index < -0.39 is 48.2 Å². The number of nitrogens with one attached hydrogen (secondary N) is 4. The number of hydrogen-bond acceptors (Lipinski definition) is 8. The van der Waals surface area contributed by atoms with Crippen LogP contribution in [0.2, 0.25) is 0 Å². The molecule has 14 heteroatoms. The molecule has 0 radical (unpaired) electrons. The number of alkyl carbamates (subject to hydrolysis) is 1. The van der Waals surface area contributed by atoms with E-state index in [1.54, 1.807) is 32.0 Å². The van der Waals surface area contributed by atoms with Crippen LogP contribution in [0, 0.1) is 5.92 Å². The molecule has 3 aromatic carbocycles. The average Bonchev–Trinajstić information content (AvgIpc) is 3.45. The highest BCUT2D eigenvalue weighted by Gasteiger charge is 2.33. The molecule has 6 amide bonds. The highest BCUT2D eigenvalue weighted by Crippen LogP contribution is 2.45. The molecule has 282 valence electrons. The van der Waals surface area contributed by atoms with Gasteiger partial charge in [-0.3, -0.25) is 9.59 Å². The molecule has 0 fully saturated rings. The number of anilines is 1. The molecule has 53 heavy (non-hydrogen) atoms. The molecule has 14 nitrogen and oxygen atoms in total. The molecular formula is C39H48N6O8. The van der Waals surface area contributed by atoms with E-state index in [4.69, 9.17) is 15.2 Å². The zero-order valence-corrected chi connectivity index (χ0v) is 30.2. The average molecular weight is 729 g/mol. The van der Waals surface area contributed by atoms with Crippen LogP contribution in [0.5, 0.6) is 0 Å². The maximum Gasteiger partial charge on any atom is 0.411 e. The van der Waals surface area contributed by atoms with Gasteiger partial charge in [0.05, 0.1) is 6.61 Å². The van der Waals surface area contributed by atoms with E-state index in [2.05, 4.69) is 27.8 Å². The summed E-state index contributed by atoms with van der Waals surface area (Å²) in [5.41, 5.74) is 10.5. The van der Waals surface area contributed by atoms with Gasteiger partial charge in [0.2, 0.25) is 11.8 Å². The van der Waals surface area contributed by atoms with Crippen molar-refractivity contribution < 1.29 is 38.6 Å². The fourth-order valence-electron chi connectivity index (χ4n) is 6.04.